The van der Waals surface area contributed by atoms with Crippen molar-refractivity contribution in [3.63, 3.8) is 0 Å². The van der Waals surface area contributed by atoms with Crippen LogP contribution in [0, 0.1) is 13.8 Å². The monoisotopic (exact) mass is 259 g/mol. The highest BCUT2D eigenvalue weighted by Crippen LogP contribution is 2.26. The molecule has 2 aromatic rings. The Kier molecular flexibility index (Phi) is 4.05. The normalized spacial score (nSPS) is 12.4. The van der Waals surface area contributed by atoms with Crippen molar-refractivity contribution in [1.82, 2.24) is 0 Å². The van der Waals surface area contributed by atoms with E-state index in [1.807, 2.05) is 12.1 Å². The highest BCUT2D eigenvalue weighted by Gasteiger charge is 2.12. The van der Waals surface area contributed by atoms with Crippen LogP contribution in [0.2, 0.25) is 5.02 Å². The van der Waals surface area contributed by atoms with Gasteiger partial charge in [0.25, 0.3) is 0 Å². The molecule has 0 aliphatic heterocycles. The van der Waals surface area contributed by atoms with E-state index in [2.05, 4.69) is 44.2 Å². The van der Waals surface area contributed by atoms with Crippen molar-refractivity contribution in [2.24, 2.45) is 5.73 Å². The Bertz CT molecular complexity index is 531. The van der Waals surface area contributed by atoms with Gasteiger partial charge in [-0.05, 0) is 48.2 Å². The maximum absolute atomic E-state index is 5.93. The van der Waals surface area contributed by atoms with E-state index in [-0.39, 0.29) is 5.92 Å². The third-order valence-electron chi connectivity index (χ3n) is 3.44. The molecule has 0 aromatic heterocycles. The molecule has 94 valence electrons. The Hall–Kier alpha value is -1.31. The summed E-state index contributed by atoms with van der Waals surface area (Å²) in [7, 11) is 0. The minimum Gasteiger partial charge on any atom is -0.330 e. The lowest BCUT2D eigenvalue weighted by Gasteiger charge is -2.17. The largest absolute Gasteiger partial charge is 0.330 e. The molecular weight excluding hydrogens is 242 g/mol. The summed E-state index contributed by atoms with van der Waals surface area (Å²) in [6, 6.07) is 14.5. The molecular formula is C16H18ClN. The van der Waals surface area contributed by atoms with Crippen molar-refractivity contribution in [1.29, 1.82) is 0 Å². The van der Waals surface area contributed by atoms with Gasteiger partial charge in [0.2, 0.25) is 0 Å². The predicted molar refractivity (Wildman–Crippen MR) is 78.3 cm³/mol. The summed E-state index contributed by atoms with van der Waals surface area (Å²) >= 11 is 5.92. The fourth-order valence-corrected chi connectivity index (χ4v) is 2.27. The van der Waals surface area contributed by atoms with Gasteiger partial charge in [-0.15, -0.1) is 0 Å². The summed E-state index contributed by atoms with van der Waals surface area (Å²) in [5.74, 6) is 0.238. The fraction of sp³-hybridized carbons (Fsp3) is 0.250. The lowest BCUT2D eigenvalue weighted by Crippen LogP contribution is -2.14. The second-order valence-electron chi connectivity index (χ2n) is 4.68. The van der Waals surface area contributed by atoms with Crippen molar-refractivity contribution in [2.45, 2.75) is 19.8 Å². The Morgan fingerprint density at radius 1 is 0.944 bits per heavy atom. The molecule has 0 spiro atoms. The van der Waals surface area contributed by atoms with Gasteiger partial charge in [-0.25, -0.2) is 0 Å². The van der Waals surface area contributed by atoms with Crippen molar-refractivity contribution in [3.05, 3.63) is 69.7 Å². The molecule has 0 saturated heterocycles. The van der Waals surface area contributed by atoms with Crippen LogP contribution in [0.5, 0.6) is 0 Å². The molecule has 1 atom stereocenters. The number of hydrogen-bond acceptors (Lipinski definition) is 1. The summed E-state index contributed by atoms with van der Waals surface area (Å²) in [5.41, 5.74) is 11.0. The van der Waals surface area contributed by atoms with Gasteiger partial charge in [-0.2, -0.15) is 0 Å². The van der Waals surface area contributed by atoms with Crippen LogP contribution in [0.15, 0.2) is 42.5 Å². The highest BCUT2D eigenvalue weighted by molar-refractivity contribution is 6.30. The molecule has 0 saturated carbocycles. The molecule has 0 radical (unpaired) electrons. The second-order valence-corrected chi connectivity index (χ2v) is 5.12. The predicted octanol–water partition coefficient (Wildman–Crippen LogP) is 4.05. The number of halogens is 1. The molecule has 0 aliphatic carbocycles. The molecule has 0 fully saturated rings. The lowest BCUT2D eigenvalue weighted by atomic mass is 9.89. The molecule has 0 heterocycles. The zero-order valence-electron chi connectivity index (χ0n) is 10.8. The van der Waals surface area contributed by atoms with Gasteiger partial charge >= 0.3 is 0 Å². The van der Waals surface area contributed by atoms with Gasteiger partial charge in [-0.1, -0.05) is 41.9 Å². The van der Waals surface area contributed by atoms with Crippen LogP contribution in [-0.4, -0.2) is 6.54 Å². The Morgan fingerprint density at radius 2 is 1.56 bits per heavy atom. The number of rotatable bonds is 3. The lowest BCUT2D eigenvalue weighted by molar-refractivity contribution is 0.817. The molecule has 0 aliphatic rings. The average Bonchev–Trinajstić information content (AvgIpc) is 2.37. The molecule has 1 unspecified atom stereocenters. The molecule has 2 aromatic carbocycles. The van der Waals surface area contributed by atoms with E-state index in [0.29, 0.717) is 6.54 Å². The first kappa shape index (κ1) is 13.1. The van der Waals surface area contributed by atoms with Crippen molar-refractivity contribution in [2.75, 3.05) is 6.54 Å². The van der Waals surface area contributed by atoms with E-state index >= 15 is 0 Å². The van der Waals surface area contributed by atoms with Crippen molar-refractivity contribution in [3.8, 4) is 0 Å². The Labute approximate surface area is 114 Å². The second kappa shape index (κ2) is 5.55. The number of nitrogens with two attached hydrogens (primary N) is 1. The molecule has 0 bridgehead atoms. The zero-order chi connectivity index (χ0) is 13.1. The van der Waals surface area contributed by atoms with Gasteiger partial charge in [0.1, 0.15) is 0 Å². The molecule has 2 rings (SSSR count). The summed E-state index contributed by atoms with van der Waals surface area (Å²) in [6.45, 7) is 4.86. The van der Waals surface area contributed by atoms with Crippen LogP contribution in [0.1, 0.15) is 28.2 Å². The SMILES string of the molecule is Cc1ccc(C(CN)c2ccc(Cl)cc2)cc1C. The van der Waals surface area contributed by atoms with E-state index < -0.39 is 0 Å². The van der Waals surface area contributed by atoms with Gasteiger partial charge < -0.3 is 5.73 Å². The van der Waals surface area contributed by atoms with Crippen LogP contribution < -0.4 is 5.73 Å². The van der Waals surface area contributed by atoms with E-state index in [1.165, 1.54) is 22.3 Å². The molecule has 18 heavy (non-hydrogen) atoms. The Balaban J connectivity index is 2.38. The van der Waals surface area contributed by atoms with Gasteiger partial charge in [0.05, 0.1) is 0 Å². The van der Waals surface area contributed by atoms with Crippen LogP contribution in [0.3, 0.4) is 0 Å². The standard InChI is InChI=1S/C16H18ClN/c1-11-3-4-14(9-12(11)2)16(10-18)13-5-7-15(17)8-6-13/h3-9,16H,10,18H2,1-2H3. The summed E-state index contributed by atoms with van der Waals surface area (Å²) in [5, 5.41) is 0.759. The van der Waals surface area contributed by atoms with Crippen LogP contribution in [0.25, 0.3) is 0 Å². The van der Waals surface area contributed by atoms with Crippen LogP contribution in [-0.2, 0) is 0 Å². The molecule has 2 heteroatoms. The van der Waals surface area contributed by atoms with E-state index in [0.717, 1.165) is 5.02 Å². The highest BCUT2D eigenvalue weighted by atomic mass is 35.5. The van der Waals surface area contributed by atoms with Crippen LogP contribution in [0.4, 0.5) is 0 Å². The molecule has 0 amide bonds. The van der Waals surface area contributed by atoms with Gasteiger partial charge in [0.15, 0.2) is 0 Å². The third kappa shape index (κ3) is 2.74. The maximum Gasteiger partial charge on any atom is 0.0406 e. The third-order valence-corrected chi connectivity index (χ3v) is 3.69. The minimum atomic E-state index is 0.238. The molecule has 2 N–H and O–H groups in total. The first-order valence-electron chi connectivity index (χ1n) is 6.14. The van der Waals surface area contributed by atoms with Gasteiger partial charge in [0, 0.05) is 17.5 Å². The quantitative estimate of drug-likeness (QED) is 0.884. The Morgan fingerprint density at radius 3 is 2.11 bits per heavy atom. The first-order chi connectivity index (χ1) is 8.61. The summed E-state index contributed by atoms with van der Waals surface area (Å²) < 4.78 is 0. The summed E-state index contributed by atoms with van der Waals surface area (Å²) in [4.78, 5) is 0. The maximum atomic E-state index is 5.93. The minimum absolute atomic E-state index is 0.238. The average molecular weight is 260 g/mol. The van der Waals surface area contributed by atoms with E-state index in [1.54, 1.807) is 0 Å². The number of aryl methyl sites for hydroxylation is 2. The van der Waals surface area contributed by atoms with E-state index in [9.17, 15) is 0 Å². The fourth-order valence-electron chi connectivity index (χ4n) is 2.14. The topological polar surface area (TPSA) is 26.0 Å². The van der Waals surface area contributed by atoms with Crippen molar-refractivity contribution < 1.29 is 0 Å². The smallest absolute Gasteiger partial charge is 0.0406 e. The number of benzene rings is 2. The summed E-state index contributed by atoms with van der Waals surface area (Å²) in [6.07, 6.45) is 0. The van der Waals surface area contributed by atoms with E-state index in [4.69, 9.17) is 17.3 Å². The van der Waals surface area contributed by atoms with Crippen LogP contribution >= 0.6 is 11.6 Å². The van der Waals surface area contributed by atoms with Crippen molar-refractivity contribution >= 4 is 11.6 Å². The van der Waals surface area contributed by atoms with Gasteiger partial charge in [-0.3, -0.25) is 0 Å². The number of hydrogen-bond donors (Lipinski definition) is 1. The molecule has 1 nitrogen and oxygen atoms in total. The first-order valence-corrected chi connectivity index (χ1v) is 6.52. The zero-order valence-corrected chi connectivity index (χ0v) is 11.5.